The Balaban J connectivity index is 1.72. The molecule has 22 heavy (non-hydrogen) atoms. The molecule has 0 unspecified atom stereocenters. The molecule has 1 aromatic rings. The van der Waals surface area contributed by atoms with Gasteiger partial charge in [0, 0.05) is 18.2 Å². The van der Waals surface area contributed by atoms with E-state index < -0.39 is 15.9 Å². The van der Waals surface area contributed by atoms with Gasteiger partial charge in [0.2, 0.25) is 0 Å². The summed E-state index contributed by atoms with van der Waals surface area (Å²) in [7, 11) is -1.13. The molecule has 0 amide bonds. The van der Waals surface area contributed by atoms with Gasteiger partial charge in [0.25, 0.3) is 0 Å². The van der Waals surface area contributed by atoms with Crippen molar-refractivity contribution >= 4 is 9.84 Å². The van der Waals surface area contributed by atoms with E-state index in [0.717, 1.165) is 0 Å². The van der Waals surface area contributed by atoms with Crippen molar-refractivity contribution in [2.45, 2.75) is 25.2 Å². The number of hydrogen-bond acceptors (Lipinski definition) is 5. The molecule has 0 spiro atoms. The van der Waals surface area contributed by atoms with Crippen molar-refractivity contribution in [3.05, 3.63) is 35.6 Å². The number of sulfone groups is 1. The standard InChI is InChI=1S/C15H22FNO4S/c1-17(13-6-7-22(19,20)11-13)8-14(18)10-21-9-12-4-2-3-5-15(12)16/h2-5,13-14,18H,6-11H2,1H3/t13-,14+/m0/s1. The number of aliphatic hydroxyl groups is 1. The van der Waals surface area contributed by atoms with Crippen molar-refractivity contribution in [3.63, 3.8) is 0 Å². The third-order valence-electron chi connectivity index (χ3n) is 3.86. The van der Waals surface area contributed by atoms with Crippen LogP contribution in [0.2, 0.25) is 0 Å². The predicted octanol–water partition coefficient (Wildman–Crippen LogP) is 0.822. The van der Waals surface area contributed by atoms with E-state index in [2.05, 4.69) is 0 Å². The van der Waals surface area contributed by atoms with E-state index in [9.17, 15) is 17.9 Å². The summed E-state index contributed by atoms with van der Waals surface area (Å²) in [5.41, 5.74) is 0.449. The van der Waals surface area contributed by atoms with Crippen LogP contribution in [0.25, 0.3) is 0 Å². The smallest absolute Gasteiger partial charge is 0.151 e. The molecule has 2 rings (SSSR count). The van der Waals surface area contributed by atoms with Gasteiger partial charge in [0.1, 0.15) is 5.82 Å². The first kappa shape index (κ1) is 17.3. The van der Waals surface area contributed by atoms with Crippen LogP contribution in [0, 0.1) is 5.82 Å². The first-order valence-corrected chi connectivity index (χ1v) is 9.09. The molecule has 124 valence electrons. The molecule has 2 atom stereocenters. The summed E-state index contributed by atoms with van der Waals surface area (Å²) in [4.78, 5) is 1.85. The largest absolute Gasteiger partial charge is 0.389 e. The maximum absolute atomic E-state index is 13.4. The molecule has 1 fully saturated rings. The second kappa shape index (κ2) is 7.50. The van der Waals surface area contributed by atoms with Gasteiger partial charge < -0.3 is 9.84 Å². The fourth-order valence-electron chi connectivity index (χ4n) is 2.58. The summed E-state index contributed by atoms with van der Waals surface area (Å²) in [6, 6.07) is 6.29. The highest BCUT2D eigenvalue weighted by Gasteiger charge is 2.31. The van der Waals surface area contributed by atoms with Gasteiger partial charge in [0.15, 0.2) is 9.84 Å². The lowest BCUT2D eigenvalue weighted by Crippen LogP contribution is -2.39. The van der Waals surface area contributed by atoms with Crippen LogP contribution in [0.3, 0.4) is 0 Å². The molecule has 0 aliphatic carbocycles. The van der Waals surface area contributed by atoms with Crippen molar-refractivity contribution in [3.8, 4) is 0 Å². The van der Waals surface area contributed by atoms with Crippen LogP contribution >= 0.6 is 0 Å². The topological polar surface area (TPSA) is 66.8 Å². The van der Waals surface area contributed by atoms with E-state index in [-0.39, 0.29) is 36.6 Å². The van der Waals surface area contributed by atoms with Crippen molar-refractivity contribution in [1.82, 2.24) is 4.90 Å². The molecule has 0 radical (unpaired) electrons. The Morgan fingerprint density at radius 3 is 2.82 bits per heavy atom. The molecule has 1 saturated heterocycles. The average molecular weight is 331 g/mol. The molecule has 5 nitrogen and oxygen atoms in total. The van der Waals surface area contributed by atoms with E-state index in [1.165, 1.54) is 6.07 Å². The molecular weight excluding hydrogens is 309 g/mol. The molecule has 1 aromatic carbocycles. The molecule has 0 aromatic heterocycles. The van der Waals surface area contributed by atoms with E-state index in [1.807, 2.05) is 4.90 Å². The van der Waals surface area contributed by atoms with Crippen molar-refractivity contribution < 1.29 is 22.7 Å². The molecule has 7 heteroatoms. The number of likely N-dealkylation sites (N-methyl/N-ethyl adjacent to an activating group) is 1. The van der Waals surface area contributed by atoms with Crippen LogP contribution in [0.4, 0.5) is 4.39 Å². The van der Waals surface area contributed by atoms with E-state index in [0.29, 0.717) is 18.5 Å². The number of ether oxygens (including phenoxy) is 1. The van der Waals surface area contributed by atoms with E-state index in [1.54, 1.807) is 25.2 Å². The maximum Gasteiger partial charge on any atom is 0.151 e. The fraction of sp³-hybridized carbons (Fsp3) is 0.600. The van der Waals surface area contributed by atoms with Gasteiger partial charge in [-0.15, -0.1) is 0 Å². The third kappa shape index (κ3) is 5.01. The summed E-state index contributed by atoms with van der Waals surface area (Å²) in [6.45, 7) is 0.515. The van der Waals surface area contributed by atoms with Gasteiger partial charge in [-0.3, -0.25) is 4.90 Å². The lowest BCUT2D eigenvalue weighted by atomic mass is 10.2. The highest BCUT2D eigenvalue weighted by Crippen LogP contribution is 2.16. The quantitative estimate of drug-likeness (QED) is 0.801. The lowest BCUT2D eigenvalue weighted by Gasteiger charge is -2.25. The van der Waals surface area contributed by atoms with Gasteiger partial charge in [0.05, 0.1) is 30.8 Å². The van der Waals surface area contributed by atoms with Crippen molar-refractivity contribution in [1.29, 1.82) is 0 Å². The van der Waals surface area contributed by atoms with Crippen LogP contribution < -0.4 is 0 Å². The Bertz CT molecular complexity index is 593. The highest BCUT2D eigenvalue weighted by atomic mass is 32.2. The third-order valence-corrected chi connectivity index (χ3v) is 5.61. The van der Waals surface area contributed by atoms with Gasteiger partial charge in [-0.05, 0) is 19.5 Å². The number of nitrogens with zero attached hydrogens (tertiary/aromatic N) is 1. The van der Waals surface area contributed by atoms with Gasteiger partial charge in [-0.25, -0.2) is 12.8 Å². The van der Waals surface area contributed by atoms with Crippen LogP contribution in [-0.2, 0) is 21.2 Å². The summed E-state index contributed by atoms with van der Waals surface area (Å²) >= 11 is 0. The zero-order valence-corrected chi connectivity index (χ0v) is 13.4. The lowest BCUT2D eigenvalue weighted by molar-refractivity contribution is 0.00837. The maximum atomic E-state index is 13.4. The van der Waals surface area contributed by atoms with Gasteiger partial charge in [-0.1, -0.05) is 18.2 Å². The van der Waals surface area contributed by atoms with Crippen LogP contribution in [0.1, 0.15) is 12.0 Å². The van der Waals surface area contributed by atoms with Crippen molar-refractivity contribution in [2.75, 3.05) is 31.7 Å². The minimum absolute atomic E-state index is 0.0498. The van der Waals surface area contributed by atoms with Gasteiger partial charge >= 0.3 is 0 Å². The molecule has 1 heterocycles. The molecule has 1 N–H and O–H groups in total. The van der Waals surface area contributed by atoms with Crippen LogP contribution in [0.5, 0.6) is 0 Å². The first-order valence-electron chi connectivity index (χ1n) is 7.27. The Morgan fingerprint density at radius 2 is 2.18 bits per heavy atom. The minimum atomic E-state index is -2.93. The second-order valence-corrected chi connectivity index (χ2v) is 7.99. The van der Waals surface area contributed by atoms with Crippen molar-refractivity contribution in [2.24, 2.45) is 0 Å². The molecule has 1 aliphatic heterocycles. The molecule has 0 saturated carbocycles. The summed E-state index contributed by atoms with van der Waals surface area (Å²) in [5, 5.41) is 9.95. The Labute approximate surface area is 130 Å². The number of benzene rings is 1. The number of aliphatic hydroxyl groups excluding tert-OH is 1. The SMILES string of the molecule is CN(C[C@@H](O)COCc1ccccc1F)[C@H]1CCS(=O)(=O)C1. The van der Waals surface area contributed by atoms with E-state index in [4.69, 9.17) is 4.74 Å². The van der Waals surface area contributed by atoms with Gasteiger partial charge in [-0.2, -0.15) is 0 Å². The monoisotopic (exact) mass is 331 g/mol. The summed E-state index contributed by atoms with van der Waals surface area (Å²) < 4.78 is 41.6. The minimum Gasteiger partial charge on any atom is -0.389 e. The number of rotatable bonds is 7. The highest BCUT2D eigenvalue weighted by molar-refractivity contribution is 7.91. The van der Waals surface area contributed by atoms with Crippen LogP contribution in [-0.4, -0.2) is 62.3 Å². The fourth-order valence-corrected chi connectivity index (χ4v) is 4.38. The Kier molecular flexibility index (Phi) is 5.91. The van der Waals surface area contributed by atoms with E-state index >= 15 is 0 Å². The zero-order valence-electron chi connectivity index (χ0n) is 12.6. The predicted molar refractivity (Wildman–Crippen MR) is 81.8 cm³/mol. The Hall–Kier alpha value is -1.02. The molecule has 1 aliphatic rings. The molecule has 0 bridgehead atoms. The van der Waals surface area contributed by atoms with Crippen LogP contribution in [0.15, 0.2) is 24.3 Å². The normalized spacial score (nSPS) is 22.1. The molecular formula is C15H22FNO4S. The first-order chi connectivity index (χ1) is 10.4. The average Bonchev–Trinajstić information content (AvgIpc) is 2.81. The zero-order chi connectivity index (χ0) is 16.2. The summed E-state index contributed by atoms with van der Waals surface area (Å²) in [5.74, 6) is 0.0269. The summed E-state index contributed by atoms with van der Waals surface area (Å²) in [6.07, 6.45) is -0.137. The second-order valence-electron chi connectivity index (χ2n) is 5.76. The number of halogens is 1. The number of hydrogen-bond donors (Lipinski definition) is 1. The Morgan fingerprint density at radius 1 is 1.45 bits per heavy atom.